The summed E-state index contributed by atoms with van der Waals surface area (Å²) in [6.45, 7) is 5.28. The predicted molar refractivity (Wildman–Crippen MR) is 101 cm³/mol. The first kappa shape index (κ1) is 17.0. The standard InChI is InChI=1S/C17H22BrN5O/c1-12-10-23(7-6-21(12)2)14-4-5-16(19-9-14)20-15-8-13(18)11-22(3)17(15)24/h4-5,8-9,11-12H,6-7,10H2,1-3H3,(H,19,20). The molecule has 0 bridgehead atoms. The van der Waals surface area contributed by atoms with E-state index >= 15 is 0 Å². The molecule has 3 heterocycles. The lowest BCUT2D eigenvalue weighted by Gasteiger charge is -2.38. The first-order valence-electron chi connectivity index (χ1n) is 7.98. The third kappa shape index (κ3) is 3.62. The highest BCUT2D eigenvalue weighted by Gasteiger charge is 2.20. The fourth-order valence-corrected chi connectivity index (χ4v) is 3.36. The van der Waals surface area contributed by atoms with Gasteiger partial charge in [0.2, 0.25) is 0 Å². The lowest BCUT2D eigenvalue weighted by atomic mass is 10.2. The molecule has 24 heavy (non-hydrogen) atoms. The molecule has 1 unspecified atom stereocenters. The number of hydrogen-bond acceptors (Lipinski definition) is 5. The molecule has 3 rings (SSSR count). The summed E-state index contributed by atoms with van der Waals surface area (Å²) in [5.41, 5.74) is 1.53. The second-order valence-corrected chi connectivity index (χ2v) is 7.21. The molecule has 7 heteroatoms. The minimum absolute atomic E-state index is 0.0861. The number of rotatable bonds is 3. The van der Waals surface area contributed by atoms with Crippen LogP contribution in [0.25, 0.3) is 0 Å². The molecule has 0 spiro atoms. The monoisotopic (exact) mass is 391 g/mol. The summed E-state index contributed by atoms with van der Waals surface area (Å²) in [6, 6.07) is 6.26. The van der Waals surface area contributed by atoms with Gasteiger partial charge in [-0.2, -0.15) is 0 Å². The largest absolute Gasteiger partial charge is 0.367 e. The van der Waals surface area contributed by atoms with Gasteiger partial charge in [-0.25, -0.2) is 4.98 Å². The van der Waals surface area contributed by atoms with Crippen LogP contribution in [0.2, 0.25) is 0 Å². The van der Waals surface area contributed by atoms with Gasteiger partial charge in [0.25, 0.3) is 5.56 Å². The van der Waals surface area contributed by atoms with Gasteiger partial charge >= 0.3 is 0 Å². The normalized spacial score (nSPS) is 18.7. The summed E-state index contributed by atoms with van der Waals surface area (Å²) in [6.07, 6.45) is 3.60. The van der Waals surface area contributed by atoms with E-state index in [9.17, 15) is 4.79 Å². The van der Waals surface area contributed by atoms with Crippen molar-refractivity contribution in [1.82, 2.24) is 14.5 Å². The van der Waals surface area contributed by atoms with Crippen LogP contribution in [0, 0.1) is 0 Å². The second-order valence-electron chi connectivity index (χ2n) is 6.29. The van der Waals surface area contributed by atoms with Crippen LogP contribution in [0.15, 0.2) is 39.9 Å². The number of likely N-dealkylation sites (N-methyl/N-ethyl adjacent to an activating group) is 1. The minimum Gasteiger partial charge on any atom is -0.367 e. The van der Waals surface area contributed by atoms with Gasteiger partial charge in [0.15, 0.2) is 0 Å². The first-order chi connectivity index (χ1) is 11.4. The smallest absolute Gasteiger partial charge is 0.274 e. The zero-order valence-electron chi connectivity index (χ0n) is 14.2. The number of nitrogens with zero attached hydrogens (tertiary/aromatic N) is 4. The molecule has 0 aromatic carbocycles. The number of aromatic nitrogens is 2. The summed E-state index contributed by atoms with van der Waals surface area (Å²) in [5.74, 6) is 0.663. The molecule has 1 saturated heterocycles. The van der Waals surface area contributed by atoms with Crippen molar-refractivity contribution in [1.29, 1.82) is 0 Å². The maximum Gasteiger partial charge on any atom is 0.274 e. The summed E-state index contributed by atoms with van der Waals surface area (Å²) in [7, 11) is 3.88. The summed E-state index contributed by atoms with van der Waals surface area (Å²) in [4.78, 5) is 21.3. The average Bonchev–Trinajstić information content (AvgIpc) is 2.55. The Morgan fingerprint density at radius 3 is 2.75 bits per heavy atom. The van der Waals surface area contributed by atoms with E-state index < -0.39 is 0 Å². The van der Waals surface area contributed by atoms with Crippen LogP contribution in [0.5, 0.6) is 0 Å². The van der Waals surface area contributed by atoms with Crippen LogP contribution in [0.4, 0.5) is 17.2 Å². The number of nitrogens with one attached hydrogen (secondary N) is 1. The van der Waals surface area contributed by atoms with Crippen molar-refractivity contribution in [2.24, 2.45) is 7.05 Å². The molecule has 128 valence electrons. The second kappa shape index (κ2) is 6.94. The van der Waals surface area contributed by atoms with Crippen molar-refractivity contribution >= 4 is 33.1 Å². The van der Waals surface area contributed by atoms with E-state index in [1.54, 1.807) is 19.3 Å². The Bertz CT molecular complexity index is 774. The van der Waals surface area contributed by atoms with Crippen molar-refractivity contribution in [2.45, 2.75) is 13.0 Å². The van der Waals surface area contributed by atoms with Crippen LogP contribution in [0.1, 0.15) is 6.92 Å². The van der Waals surface area contributed by atoms with Crippen LogP contribution in [0.3, 0.4) is 0 Å². The first-order valence-corrected chi connectivity index (χ1v) is 8.78. The highest BCUT2D eigenvalue weighted by atomic mass is 79.9. The summed E-state index contributed by atoms with van der Waals surface area (Å²) < 4.78 is 2.38. The van der Waals surface area contributed by atoms with Gasteiger partial charge in [-0.3, -0.25) is 4.79 Å². The topological polar surface area (TPSA) is 53.4 Å². The van der Waals surface area contributed by atoms with Crippen LogP contribution >= 0.6 is 15.9 Å². The third-order valence-corrected chi connectivity index (χ3v) is 4.92. The molecule has 0 radical (unpaired) electrons. The van der Waals surface area contributed by atoms with Gasteiger partial charge in [-0.1, -0.05) is 0 Å². The Morgan fingerprint density at radius 2 is 2.08 bits per heavy atom. The van der Waals surface area contributed by atoms with Gasteiger partial charge in [0.1, 0.15) is 11.5 Å². The van der Waals surface area contributed by atoms with Gasteiger partial charge in [0.05, 0.1) is 11.9 Å². The van der Waals surface area contributed by atoms with Crippen LogP contribution < -0.4 is 15.8 Å². The maximum absolute atomic E-state index is 12.1. The highest BCUT2D eigenvalue weighted by Crippen LogP contribution is 2.21. The van der Waals surface area contributed by atoms with Crippen LogP contribution in [-0.4, -0.2) is 47.2 Å². The molecule has 1 atom stereocenters. The minimum atomic E-state index is -0.0861. The van der Waals surface area contributed by atoms with Crippen molar-refractivity contribution in [2.75, 3.05) is 36.9 Å². The number of anilines is 3. The molecule has 0 saturated carbocycles. The molecule has 6 nitrogen and oxygen atoms in total. The Morgan fingerprint density at radius 1 is 1.29 bits per heavy atom. The number of halogens is 1. The molecular formula is C17H22BrN5O. The molecule has 2 aromatic rings. The molecule has 1 aliphatic heterocycles. The quantitative estimate of drug-likeness (QED) is 0.870. The third-order valence-electron chi connectivity index (χ3n) is 4.49. The number of piperazine rings is 1. The van der Waals surface area contributed by atoms with Gasteiger partial charge in [0, 0.05) is 43.4 Å². The molecular weight excluding hydrogens is 370 g/mol. The molecule has 1 aliphatic rings. The average molecular weight is 392 g/mol. The SMILES string of the molecule is CC1CN(c2ccc(Nc3cc(Br)cn(C)c3=O)nc2)CCN1C. The van der Waals surface area contributed by atoms with Gasteiger partial charge in [-0.15, -0.1) is 0 Å². The number of pyridine rings is 2. The lowest BCUT2D eigenvalue weighted by Crippen LogP contribution is -2.50. The molecule has 2 aromatic heterocycles. The fourth-order valence-electron chi connectivity index (χ4n) is 2.83. The zero-order chi connectivity index (χ0) is 17.3. The van der Waals surface area contributed by atoms with E-state index in [1.165, 1.54) is 4.57 Å². The van der Waals surface area contributed by atoms with E-state index in [4.69, 9.17) is 0 Å². The van der Waals surface area contributed by atoms with Crippen molar-refractivity contribution in [3.05, 3.63) is 45.4 Å². The summed E-state index contributed by atoms with van der Waals surface area (Å²) in [5, 5.41) is 3.10. The number of aryl methyl sites for hydroxylation is 1. The van der Waals surface area contributed by atoms with E-state index in [0.29, 0.717) is 17.5 Å². The predicted octanol–water partition coefficient (Wildman–Crippen LogP) is 2.43. The van der Waals surface area contributed by atoms with Crippen LogP contribution in [-0.2, 0) is 7.05 Å². The Kier molecular flexibility index (Phi) is 4.91. The van der Waals surface area contributed by atoms with Crippen molar-refractivity contribution in [3.63, 3.8) is 0 Å². The van der Waals surface area contributed by atoms with E-state index in [2.05, 4.69) is 56.1 Å². The number of hydrogen-bond donors (Lipinski definition) is 1. The zero-order valence-corrected chi connectivity index (χ0v) is 15.7. The molecule has 0 aliphatic carbocycles. The van der Waals surface area contributed by atoms with Crippen molar-refractivity contribution in [3.8, 4) is 0 Å². The Balaban J connectivity index is 1.75. The Hall–Kier alpha value is -1.86. The van der Waals surface area contributed by atoms with E-state index in [0.717, 1.165) is 29.8 Å². The molecule has 1 N–H and O–H groups in total. The van der Waals surface area contributed by atoms with E-state index in [1.807, 2.05) is 12.3 Å². The Labute approximate surface area is 150 Å². The van der Waals surface area contributed by atoms with Crippen molar-refractivity contribution < 1.29 is 0 Å². The maximum atomic E-state index is 12.1. The fraction of sp³-hybridized carbons (Fsp3) is 0.412. The lowest BCUT2D eigenvalue weighted by molar-refractivity contribution is 0.234. The summed E-state index contributed by atoms with van der Waals surface area (Å²) >= 11 is 3.40. The molecule has 1 fully saturated rings. The highest BCUT2D eigenvalue weighted by molar-refractivity contribution is 9.10. The van der Waals surface area contributed by atoms with E-state index in [-0.39, 0.29) is 5.56 Å². The van der Waals surface area contributed by atoms with Gasteiger partial charge in [-0.05, 0) is 48.1 Å². The van der Waals surface area contributed by atoms with Gasteiger partial charge < -0.3 is 19.7 Å². The molecule has 0 amide bonds.